The van der Waals surface area contributed by atoms with Gasteiger partial charge >= 0.3 is 5.97 Å². The summed E-state index contributed by atoms with van der Waals surface area (Å²) in [6, 6.07) is 17.0. The smallest absolute Gasteiger partial charge is 0.328 e. The van der Waals surface area contributed by atoms with Crippen LogP contribution in [-0.4, -0.2) is 63.0 Å². The van der Waals surface area contributed by atoms with Gasteiger partial charge in [0.2, 0.25) is 5.91 Å². The van der Waals surface area contributed by atoms with Gasteiger partial charge in [0.1, 0.15) is 5.54 Å². The summed E-state index contributed by atoms with van der Waals surface area (Å²) in [5.41, 5.74) is 6.24. The minimum Gasteiger partial charge on any atom is -0.478 e. The Bertz CT molecular complexity index is 1790. The monoisotopic (exact) mass is 619 g/mol. The molecule has 0 radical (unpaired) electrons. The molecule has 1 aliphatic heterocycles. The van der Waals surface area contributed by atoms with E-state index >= 15 is 0 Å². The number of anilines is 1. The van der Waals surface area contributed by atoms with E-state index in [0.29, 0.717) is 48.7 Å². The summed E-state index contributed by atoms with van der Waals surface area (Å²) in [5, 5.41) is 16.2. The Hall–Kier alpha value is -4.76. The molecule has 0 bridgehead atoms. The summed E-state index contributed by atoms with van der Waals surface area (Å²) in [6.07, 6.45) is 10.2. The number of rotatable bonds is 8. The summed E-state index contributed by atoms with van der Waals surface area (Å²) in [5.74, 6) is -1.10. The Morgan fingerprint density at radius 1 is 0.978 bits per heavy atom. The predicted molar refractivity (Wildman–Crippen MR) is 181 cm³/mol. The molecule has 1 saturated heterocycles. The Balaban J connectivity index is 1.30. The zero-order valence-corrected chi connectivity index (χ0v) is 26.7. The molecule has 2 fully saturated rings. The molecule has 9 nitrogen and oxygen atoms in total. The second kappa shape index (κ2) is 12.9. The number of nitrogens with one attached hydrogen (secondary N) is 2. The van der Waals surface area contributed by atoms with Gasteiger partial charge in [0.05, 0.1) is 5.69 Å². The number of carboxylic acid groups (broad SMARTS) is 1. The minimum absolute atomic E-state index is 0.264. The highest BCUT2D eigenvalue weighted by Gasteiger charge is 2.42. The number of aryl methyl sites for hydroxylation is 2. The number of carbonyl (C=O) groups excluding carboxylic acids is 2. The zero-order valence-electron chi connectivity index (χ0n) is 26.7. The number of carboxylic acids is 1. The number of carbonyl (C=O) groups is 3. The fourth-order valence-corrected chi connectivity index (χ4v) is 6.99. The molecule has 2 amide bonds. The van der Waals surface area contributed by atoms with Gasteiger partial charge < -0.3 is 25.2 Å². The summed E-state index contributed by atoms with van der Waals surface area (Å²) in [7, 11) is 4.08. The van der Waals surface area contributed by atoms with E-state index in [4.69, 9.17) is 5.11 Å². The molecule has 0 spiro atoms. The van der Waals surface area contributed by atoms with Gasteiger partial charge in [-0.1, -0.05) is 31.0 Å². The Labute approximate surface area is 269 Å². The van der Waals surface area contributed by atoms with Crippen molar-refractivity contribution in [3.05, 3.63) is 89.3 Å². The quantitative estimate of drug-likeness (QED) is 0.204. The molecule has 3 N–H and O–H groups in total. The van der Waals surface area contributed by atoms with Crippen molar-refractivity contribution in [2.75, 3.05) is 25.5 Å². The minimum atomic E-state index is -1.08. The van der Waals surface area contributed by atoms with Gasteiger partial charge in [0.25, 0.3) is 5.91 Å². The third-order valence-electron chi connectivity index (χ3n) is 9.67. The lowest BCUT2D eigenvalue weighted by atomic mass is 9.86. The maximum Gasteiger partial charge on any atom is 0.328 e. The molecule has 9 heteroatoms. The van der Waals surface area contributed by atoms with Crippen LogP contribution in [0.25, 0.3) is 28.2 Å². The normalized spacial score (nSPS) is 17.0. The van der Waals surface area contributed by atoms with Crippen LogP contribution in [0.4, 0.5) is 5.69 Å². The van der Waals surface area contributed by atoms with Crippen LogP contribution in [0.15, 0.2) is 66.9 Å². The molecular weight excluding hydrogens is 578 g/mol. The molecule has 2 aliphatic rings. The summed E-state index contributed by atoms with van der Waals surface area (Å²) in [6.45, 7) is 3.33. The summed E-state index contributed by atoms with van der Waals surface area (Å²) >= 11 is 0. The van der Waals surface area contributed by atoms with Crippen LogP contribution in [0.3, 0.4) is 0 Å². The number of hydrogen-bond acceptors (Lipinski definition) is 5. The number of piperidine rings is 1. The SMILES string of the molecule is Cc1ccc(-c2c(C3CCCC3)c3ccc(C(=O)NC4(C(=O)Nc5ccc(/C=C/C(=O)O)cc5)CCN(C)CC4)cc3n2C)cn1. The lowest BCUT2D eigenvalue weighted by Crippen LogP contribution is -2.61. The van der Waals surface area contributed by atoms with E-state index in [2.05, 4.69) is 44.3 Å². The first-order chi connectivity index (χ1) is 22.1. The van der Waals surface area contributed by atoms with Crippen molar-refractivity contribution in [1.82, 2.24) is 19.8 Å². The first-order valence-corrected chi connectivity index (χ1v) is 16.0. The van der Waals surface area contributed by atoms with Gasteiger partial charge in [-0.2, -0.15) is 0 Å². The number of likely N-dealkylation sites (tertiary alicyclic amines) is 1. The third-order valence-corrected chi connectivity index (χ3v) is 9.67. The van der Waals surface area contributed by atoms with Crippen LogP contribution in [0.1, 0.15) is 71.6 Å². The maximum absolute atomic E-state index is 14.0. The highest BCUT2D eigenvalue weighted by Crippen LogP contribution is 2.44. The number of nitrogens with zero attached hydrogens (tertiary/aromatic N) is 3. The lowest BCUT2D eigenvalue weighted by molar-refractivity contribution is -0.131. The van der Waals surface area contributed by atoms with Crippen LogP contribution >= 0.6 is 0 Å². The molecule has 1 aliphatic carbocycles. The molecule has 0 unspecified atom stereocenters. The van der Waals surface area contributed by atoms with Crippen molar-refractivity contribution >= 4 is 40.4 Å². The van der Waals surface area contributed by atoms with E-state index in [1.54, 1.807) is 24.3 Å². The molecule has 3 heterocycles. The first-order valence-electron chi connectivity index (χ1n) is 16.0. The van der Waals surface area contributed by atoms with E-state index in [-0.39, 0.29) is 11.8 Å². The number of pyridine rings is 1. The second-order valence-corrected chi connectivity index (χ2v) is 12.8. The molecule has 0 atom stereocenters. The fourth-order valence-electron chi connectivity index (χ4n) is 6.99. The van der Waals surface area contributed by atoms with E-state index in [1.807, 2.05) is 38.4 Å². The van der Waals surface area contributed by atoms with Crippen LogP contribution in [0.2, 0.25) is 0 Å². The predicted octanol–water partition coefficient (Wildman–Crippen LogP) is 6.14. The zero-order chi connectivity index (χ0) is 32.4. The van der Waals surface area contributed by atoms with Gasteiger partial charge in [-0.25, -0.2) is 4.79 Å². The van der Waals surface area contributed by atoms with E-state index in [0.717, 1.165) is 46.8 Å². The van der Waals surface area contributed by atoms with Crippen molar-refractivity contribution in [1.29, 1.82) is 0 Å². The van der Waals surface area contributed by atoms with Crippen LogP contribution in [-0.2, 0) is 16.6 Å². The van der Waals surface area contributed by atoms with Crippen LogP contribution in [0, 0.1) is 6.92 Å². The van der Waals surface area contributed by atoms with E-state index < -0.39 is 11.5 Å². The maximum atomic E-state index is 14.0. The molecule has 6 rings (SSSR count). The summed E-state index contributed by atoms with van der Waals surface area (Å²) < 4.78 is 2.19. The molecule has 46 heavy (non-hydrogen) atoms. The van der Waals surface area contributed by atoms with E-state index in [9.17, 15) is 14.4 Å². The van der Waals surface area contributed by atoms with Gasteiger partial charge in [0, 0.05) is 65.8 Å². The Morgan fingerprint density at radius 2 is 1.70 bits per heavy atom. The van der Waals surface area contributed by atoms with Crippen molar-refractivity contribution in [2.24, 2.45) is 7.05 Å². The van der Waals surface area contributed by atoms with E-state index in [1.165, 1.54) is 24.5 Å². The second-order valence-electron chi connectivity index (χ2n) is 12.8. The van der Waals surface area contributed by atoms with Gasteiger partial charge in [-0.3, -0.25) is 14.6 Å². The fraction of sp³-hybridized carbons (Fsp3) is 0.351. The number of benzene rings is 2. The van der Waals surface area contributed by atoms with Gasteiger partial charge in [-0.15, -0.1) is 0 Å². The van der Waals surface area contributed by atoms with Crippen LogP contribution in [0.5, 0.6) is 0 Å². The molecule has 1 saturated carbocycles. The topological polar surface area (TPSA) is 117 Å². The number of amides is 2. The average molecular weight is 620 g/mol. The lowest BCUT2D eigenvalue weighted by Gasteiger charge is -2.40. The highest BCUT2D eigenvalue weighted by molar-refractivity contribution is 6.05. The standard InChI is InChI=1S/C37H41N5O4/c1-24-8-12-28(23-38-24)34-33(26-6-4-5-7-26)30-16-13-27(22-31(30)42(34)3)35(45)40-37(18-20-41(2)21-19-37)36(46)39-29-14-9-25(10-15-29)11-17-32(43)44/h8-17,22-23,26H,4-7,18-21H2,1-3H3,(H,39,46)(H,40,45)(H,43,44)/b17-11+. The molecular formula is C37H41N5O4. The number of aromatic nitrogens is 2. The van der Waals surface area contributed by atoms with Crippen LogP contribution < -0.4 is 10.6 Å². The molecule has 2 aromatic heterocycles. The molecule has 4 aromatic rings. The van der Waals surface area contributed by atoms with Crippen molar-refractivity contribution < 1.29 is 19.5 Å². The number of aliphatic carboxylic acids is 1. The largest absolute Gasteiger partial charge is 0.478 e. The number of hydrogen-bond donors (Lipinski definition) is 3. The average Bonchev–Trinajstić information content (AvgIpc) is 3.68. The molecule has 2 aromatic carbocycles. The first kappa shape index (κ1) is 31.2. The van der Waals surface area contributed by atoms with Crippen molar-refractivity contribution in [3.63, 3.8) is 0 Å². The highest BCUT2D eigenvalue weighted by atomic mass is 16.4. The van der Waals surface area contributed by atoms with Gasteiger partial charge in [0.15, 0.2) is 0 Å². The summed E-state index contributed by atoms with van der Waals surface area (Å²) in [4.78, 5) is 45.4. The third kappa shape index (κ3) is 6.33. The Morgan fingerprint density at radius 3 is 2.35 bits per heavy atom. The molecule has 238 valence electrons. The van der Waals surface area contributed by atoms with Crippen molar-refractivity contribution in [3.8, 4) is 11.3 Å². The van der Waals surface area contributed by atoms with Crippen molar-refractivity contribution in [2.45, 2.75) is 56.9 Å². The number of fused-ring (bicyclic) bond motifs is 1. The van der Waals surface area contributed by atoms with Gasteiger partial charge in [-0.05, 0) is 99.2 Å². The Kier molecular flexibility index (Phi) is 8.77.